The van der Waals surface area contributed by atoms with Crippen LogP contribution in [0.25, 0.3) is 0 Å². The van der Waals surface area contributed by atoms with Crippen molar-refractivity contribution in [1.29, 1.82) is 0 Å². The number of aliphatic hydroxyl groups excluding tert-OH is 1. The molecule has 1 saturated heterocycles. The fourth-order valence-corrected chi connectivity index (χ4v) is 1.46. The zero-order chi connectivity index (χ0) is 11.3. The number of carbonyl (C=O) groups excluding carboxylic acids is 2. The Bertz CT molecular complexity index is 226. The molecule has 0 aliphatic carbocycles. The van der Waals surface area contributed by atoms with Gasteiger partial charge in [-0.05, 0) is 19.3 Å². The molecule has 1 unspecified atom stereocenters. The van der Waals surface area contributed by atoms with Crippen molar-refractivity contribution in [2.75, 3.05) is 19.8 Å². The molecule has 1 aliphatic heterocycles. The van der Waals surface area contributed by atoms with Crippen LogP contribution in [0.3, 0.4) is 0 Å². The molecule has 15 heavy (non-hydrogen) atoms. The quantitative estimate of drug-likeness (QED) is 0.651. The van der Waals surface area contributed by atoms with E-state index in [0.29, 0.717) is 25.8 Å². The Morgan fingerprint density at radius 1 is 1.40 bits per heavy atom. The normalized spacial score (nSPS) is 19.5. The number of hydrogen-bond acceptors (Lipinski definition) is 4. The Labute approximate surface area is 89.0 Å². The van der Waals surface area contributed by atoms with Crippen molar-refractivity contribution in [3.05, 3.63) is 0 Å². The lowest BCUT2D eigenvalue weighted by atomic mass is 10.1. The van der Waals surface area contributed by atoms with Crippen LogP contribution in [0.15, 0.2) is 0 Å². The van der Waals surface area contributed by atoms with E-state index in [2.05, 4.69) is 0 Å². The van der Waals surface area contributed by atoms with Crippen LogP contribution in [0.5, 0.6) is 0 Å². The van der Waals surface area contributed by atoms with Crippen molar-refractivity contribution in [2.45, 2.75) is 32.3 Å². The topological polar surface area (TPSA) is 66.8 Å². The number of rotatable bonds is 5. The molecule has 1 rings (SSSR count). The summed E-state index contributed by atoms with van der Waals surface area (Å²) in [6.07, 6.45) is 1.63. The minimum Gasteiger partial charge on any atom is -0.393 e. The van der Waals surface area contributed by atoms with Gasteiger partial charge >= 0.3 is 0 Å². The Morgan fingerprint density at radius 3 is 2.53 bits per heavy atom. The van der Waals surface area contributed by atoms with Crippen molar-refractivity contribution >= 4 is 11.8 Å². The van der Waals surface area contributed by atoms with Crippen molar-refractivity contribution in [3.63, 3.8) is 0 Å². The SMILES string of the molecule is CCC(O)CCCN1C(=O)COCC1=O. The fraction of sp³-hybridized carbons (Fsp3) is 0.800. The number of amides is 2. The summed E-state index contributed by atoms with van der Waals surface area (Å²) in [5, 5.41) is 9.31. The van der Waals surface area contributed by atoms with E-state index in [1.54, 1.807) is 0 Å². The van der Waals surface area contributed by atoms with Crippen LogP contribution in [0.4, 0.5) is 0 Å². The van der Waals surface area contributed by atoms with Gasteiger partial charge in [0.05, 0.1) is 6.10 Å². The lowest BCUT2D eigenvalue weighted by Gasteiger charge is -2.25. The molecule has 0 saturated carbocycles. The molecule has 1 heterocycles. The highest BCUT2D eigenvalue weighted by Gasteiger charge is 2.25. The molecular weight excluding hydrogens is 198 g/mol. The van der Waals surface area contributed by atoms with Crippen LogP contribution in [-0.2, 0) is 14.3 Å². The van der Waals surface area contributed by atoms with E-state index in [4.69, 9.17) is 4.74 Å². The second kappa shape index (κ2) is 5.82. The lowest BCUT2D eigenvalue weighted by molar-refractivity contribution is -0.158. The van der Waals surface area contributed by atoms with Gasteiger partial charge in [-0.25, -0.2) is 0 Å². The minimum absolute atomic E-state index is 0.0118. The average Bonchev–Trinajstić information content (AvgIpc) is 2.22. The van der Waals surface area contributed by atoms with Gasteiger partial charge in [-0.1, -0.05) is 6.92 Å². The maximum atomic E-state index is 11.3. The van der Waals surface area contributed by atoms with Crippen LogP contribution in [-0.4, -0.2) is 47.7 Å². The van der Waals surface area contributed by atoms with Crippen LogP contribution < -0.4 is 0 Å². The van der Waals surface area contributed by atoms with Crippen molar-refractivity contribution in [2.24, 2.45) is 0 Å². The summed E-state index contributed by atoms with van der Waals surface area (Å²) >= 11 is 0. The molecule has 0 radical (unpaired) electrons. The van der Waals surface area contributed by atoms with E-state index in [0.717, 1.165) is 0 Å². The van der Waals surface area contributed by atoms with Gasteiger partial charge in [-0.3, -0.25) is 14.5 Å². The van der Waals surface area contributed by atoms with E-state index in [-0.39, 0.29) is 31.1 Å². The molecule has 1 atom stereocenters. The number of carbonyl (C=O) groups is 2. The summed E-state index contributed by atoms with van der Waals surface area (Å²) < 4.78 is 4.78. The van der Waals surface area contributed by atoms with E-state index < -0.39 is 0 Å². The Morgan fingerprint density at radius 2 is 2.00 bits per heavy atom. The molecule has 5 nitrogen and oxygen atoms in total. The molecule has 0 spiro atoms. The molecule has 2 amide bonds. The Hall–Kier alpha value is -0.940. The lowest BCUT2D eigenvalue weighted by Crippen LogP contribution is -2.46. The highest BCUT2D eigenvalue weighted by molar-refractivity contribution is 5.98. The molecule has 1 N–H and O–H groups in total. The standard InChI is InChI=1S/C10H17NO4/c1-2-8(12)4-3-5-11-9(13)6-15-7-10(11)14/h8,12H,2-7H2,1H3. The first-order valence-corrected chi connectivity index (χ1v) is 5.24. The first-order chi connectivity index (χ1) is 7.15. The second-order valence-electron chi connectivity index (χ2n) is 3.64. The molecule has 0 aromatic heterocycles. The van der Waals surface area contributed by atoms with Crippen LogP contribution >= 0.6 is 0 Å². The Kier molecular flexibility index (Phi) is 4.71. The molecule has 86 valence electrons. The summed E-state index contributed by atoms with van der Waals surface area (Å²) in [4.78, 5) is 23.7. The number of hydrogen-bond donors (Lipinski definition) is 1. The van der Waals surface area contributed by atoms with Gasteiger partial charge in [-0.15, -0.1) is 0 Å². The van der Waals surface area contributed by atoms with E-state index in [1.165, 1.54) is 4.90 Å². The fourth-order valence-electron chi connectivity index (χ4n) is 1.46. The monoisotopic (exact) mass is 215 g/mol. The first kappa shape index (κ1) is 12.1. The number of nitrogens with zero attached hydrogens (tertiary/aromatic N) is 1. The second-order valence-corrected chi connectivity index (χ2v) is 3.64. The maximum Gasteiger partial charge on any atom is 0.255 e. The largest absolute Gasteiger partial charge is 0.393 e. The molecule has 0 bridgehead atoms. The zero-order valence-electron chi connectivity index (χ0n) is 8.94. The number of ether oxygens (including phenoxy) is 1. The number of aliphatic hydroxyl groups is 1. The van der Waals surface area contributed by atoms with Crippen molar-refractivity contribution < 1.29 is 19.4 Å². The summed E-state index contributed by atoms with van der Waals surface area (Å²) in [7, 11) is 0. The average molecular weight is 215 g/mol. The van der Waals surface area contributed by atoms with Crippen molar-refractivity contribution in [1.82, 2.24) is 4.90 Å². The third kappa shape index (κ3) is 3.60. The number of imide groups is 1. The van der Waals surface area contributed by atoms with Gasteiger partial charge in [0.1, 0.15) is 13.2 Å². The van der Waals surface area contributed by atoms with Crippen LogP contribution in [0.2, 0.25) is 0 Å². The summed E-state index contributed by atoms with van der Waals surface area (Å²) in [6.45, 7) is 2.26. The van der Waals surface area contributed by atoms with E-state index in [1.807, 2.05) is 6.92 Å². The van der Waals surface area contributed by atoms with Gasteiger partial charge < -0.3 is 9.84 Å². The van der Waals surface area contributed by atoms with Crippen molar-refractivity contribution in [3.8, 4) is 0 Å². The van der Waals surface area contributed by atoms with E-state index in [9.17, 15) is 14.7 Å². The van der Waals surface area contributed by atoms with Gasteiger partial charge in [0.25, 0.3) is 11.8 Å². The van der Waals surface area contributed by atoms with Gasteiger partial charge in [0.15, 0.2) is 0 Å². The van der Waals surface area contributed by atoms with E-state index >= 15 is 0 Å². The number of morpholine rings is 1. The highest BCUT2D eigenvalue weighted by Crippen LogP contribution is 2.06. The van der Waals surface area contributed by atoms with Crippen LogP contribution in [0.1, 0.15) is 26.2 Å². The molecule has 1 aliphatic rings. The third-order valence-electron chi connectivity index (χ3n) is 2.44. The molecular formula is C10H17NO4. The summed E-state index contributed by atoms with van der Waals surface area (Å²) in [6, 6.07) is 0. The molecule has 0 aromatic rings. The maximum absolute atomic E-state index is 11.3. The molecule has 1 fully saturated rings. The summed E-state index contributed by atoms with van der Waals surface area (Å²) in [5.74, 6) is -0.561. The molecule has 5 heteroatoms. The predicted molar refractivity (Wildman–Crippen MR) is 53.1 cm³/mol. The zero-order valence-corrected chi connectivity index (χ0v) is 8.94. The first-order valence-electron chi connectivity index (χ1n) is 5.24. The van der Waals surface area contributed by atoms with Crippen LogP contribution in [0, 0.1) is 0 Å². The third-order valence-corrected chi connectivity index (χ3v) is 2.44. The smallest absolute Gasteiger partial charge is 0.255 e. The van der Waals surface area contributed by atoms with Gasteiger partial charge in [-0.2, -0.15) is 0 Å². The predicted octanol–water partition coefficient (Wildman–Crippen LogP) is -0.0771. The Balaban J connectivity index is 2.29. The molecule has 0 aromatic carbocycles. The van der Waals surface area contributed by atoms with Gasteiger partial charge in [0, 0.05) is 6.54 Å². The van der Waals surface area contributed by atoms with Gasteiger partial charge in [0.2, 0.25) is 0 Å². The minimum atomic E-state index is -0.337. The summed E-state index contributed by atoms with van der Waals surface area (Å²) in [5.41, 5.74) is 0. The highest BCUT2D eigenvalue weighted by atomic mass is 16.5.